The predicted octanol–water partition coefficient (Wildman–Crippen LogP) is 0.856. The average molecular weight is 275 g/mol. The molecular weight excluding hydrogens is 262 g/mol. The van der Waals surface area contributed by atoms with Crippen LogP contribution in [0.4, 0.5) is 0 Å². The first-order chi connectivity index (χ1) is 7.55. The van der Waals surface area contributed by atoms with Gasteiger partial charge in [0.25, 0.3) is 0 Å². The van der Waals surface area contributed by atoms with E-state index < -0.39 is 25.4 Å². The first kappa shape index (κ1) is 13.7. The Labute approximate surface area is 100 Å². The van der Waals surface area contributed by atoms with Gasteiger partial charge in [0.1, 0.15) is 0 Å². The zero-order chi connectivity index (χ0) is 13.4. The minimum absolute atomic E-state index is 0.0729. The number of nitrogens with two attached hydrogens (primary N) is 1. The monoisotopic (exact) mass is 275 g/mol. The zero-order valence-corrected chi connectivity index (χ0v) is 11.0. The van der Waals surface area contributed by atoms with Crippen molar-refractivity contribution < 1.29 is 13.2 Å². The van der Waals surface area contributed by atoms with E-state index in [1.54, 1.807) is 0 Å². The summed E-state index contributed by atoms with van der Waals surface area (Å²) in [6.07, 6.45) is 2.24. The van der Waals surface area contributed by atoms with Crippen molar-refractivity contribution in [1.82, 2.24) is 0 Å². The van der Waals surface area contributed by atoms with Crippen LogP contribution < -0.4 is 5.73 Å². The highest BCUT2D eigenvalue weighted by molar-refractivity contribution is 7.94. The SMILES string of the molecule is CS(=N)(=O)c1cccc(C(N)=O)c1S(C)(=N)=O. The second-order valence-electron chi connectivity index (χ2n) is 3.68. The molecule has 8 heteroatoms. The van der Waals surface area contributed by atoms with Crippen LogP contribution in [0.3, 0.4) is 0 Å². The van der Waals surface area contributed by atoms with Crippen LogP contribution in [0.1, 0.15) is 10.4 Å². The Hall–Kier alpha value is -1.41. The van der Waals surface area contributed by atoms with E-state index in [9.17, 15) is 13.2 Å². The lowest BCUT2D eigenvalue weighted by Crippen LogP contribution is -2.18. The van der Waals surface area contributed by atoms with Crippen molar-refractivity contribution in [1.29, 1.82) is 9.56 Å². The van der Waals surface area contributed by atoms with E-state index in [1.807, 2.05) is 0 Å². The first-order valence-corrected chi connectivity index (χ1v) is 8.39. The van der Waals surface area contributed by atoms with E-state index in [4.69, 9.17) is 15.3 Å². The molecule has 1 aromatic rings. The molecule has 0 fully saturated rings. The van der Waals surface area contributed by atoms with Gasteiger partial charge in [-0.2, -0.15) is 0 Å². The summed E-state index contributed by atoms with van der Waals surface area (Å²) in [6, 6.07) is 4.04. The van der Waals surface area contributed by atoms with Gasteiger partial charge in [-0.15, -0.1) is 0 Å². The van der Waals surface area contributed by atoms with E-state index in [2.05, 4.69) is 0 Å². The van der Waals surface area contributed by atoms with Gasteiger partial charge in [0.15, 0.2) is 0 Å². The van der Waals surface area contributed by atoms with Crippen molar-refractivity contribution in [2.45, 2.75) is 9.79 Å². The number of nitrogens with one attached hydrogen (secondary N) is 2. The molecule has 1 rings (SSSR count). The smallest absolute Gasteiger partial charge is 0.250 e. The maximum absolute atomic E-state index is 11.8. The van der Waals surface area contributed by atoms with E-state index in [0.717, 1.165) is 12.5 Å². The summed E-state index contributed by atoms with van der Waals surface area (Å²) in [7, 11) is -6.47. The van der Waals surface area contributed by atoms with Gasteiger partial charge in [0.05, 0.1) is 34.8 Å². The van der Waals surface area contributed by atoms with Gasteiger partial charge in [0, 0.05) is 12.5 Å². The highest BCUT2D eigenvalue weighted by Gasteiger charge is 2.22. The molecule has 0 aromatic heterocycles. The Morgan fingerprint density at radius 3 is 2.06 bits per heavy atom. The lowest BCUT2D eigenvalue weighted by molar-refractivity contribution is 0.0997. The minimum atomic E-state index is -3.29. The zero-order valence-electron chi connectivity index (χ0n) is 9.35. The van der Waals surface area contributed by atoms with Crippen LogP contribution in [-0.4, -0.2) is 26.8 Å². The van der Waals surface area contributed by atoms with Crippen LogP contribution >= 0.6 is 0 Å². The standard InChI is InChI=1S/C9H13N3O3S2/c1-16(11,14)7-5-3-4-6(9(10)13)8(7)17(2,12)15/h3-5,11-12H,1-2H3,(H2,10,13). The fourth-order valence-corrected chi connectivity index (χ4v) is 4.21. The second-order valence-corrected chi connectivity index (χ2v) is 7.91. The lowest BCUT2D eigenvalue weighted by Gasteiger charge is -2.12. The molecule has 4 N–H and O–H groups in total. The Balaban J connectivity index is 3.90. The number of hydrogen-bond acceptors (Lipinski definition) is 5. The molecule has 0 radical (unpaired) electrons. The maximum atomic E-state index is 11.8. The van der Waals surface area contributed by atoms with E-state index >= 15 is 0 Å². The summed E-state index contributed by atoms with van der Waals surface area (Å²) in [5, 5.41) is 0. The highest BCUT2D eigenvalue weighted by atomic mass is 32.2. The highest BCUT2D eigenvalue weighted by Crippen LogP contribution is 2.25. The van der Waals surface area contributed by atoms with Crippen LogP contribution in [0.2, 0.25) is 0 Å². The molecule has 0 aliphatic carbocycles. The van der Waals surface area contributed by atoms with Gasteiger partial charge in [-0.25, -0.2) is 18.0 Å². The van der Waals surface area contributed by atoms with Gasteiger partial charge in [-0.1, -0.05) is 6.07 Å². The fraction of sp³-hybridized carbons (Fsp3) is 0.222. The third kappa shape index (κ3) is 2.83. The second kappa shape index (κ2) is 4.11. The van der Waals surface area contributed by atoms with Crippen molar-refractivity contribution >= 4 is 25.4 Å². The minimum Gasteiger partial charge on any atom is -0.366 e. The fourth-order valence-electron chi connectivity index (χ4n) is 1.42. The molecule has 0 saturated heterocycles. The molecule has 0 aliphatic heterocycles. The molecule has 2 atom stereocenters. The van der Waals surface area contributed by atoms with Crippen molar-refractivity contribution in [2.24, 2.45) is 5.73 Å². The van der Waals surface area contributed by atoms with Crippen LogP contribution in [0.15, 0.2) is 28.0 Å². The summed E-state index contributed by atoms with van der Waals surface area (Å²) >= 11 is 0. The molecule has 94 valence electrons. The largest absolute Gasteiger partial charge is 0.366 e. The first-order valence-electron chi connectivity index (χ1n) is 4.45. The molecule has 1 aromatic carbocycles. The predicted molar refractivity (Wildman–Crippen MR) is 65.1 cm³/mol. The lowest BCUT2D eigenvalue weighted by atomic mass is 10.2. The topological polar surface area (TPSA) is 125 Å². The normalized spacial score (nSPS) is 18.0. The van der Waals surface area contributed by atoms with Crippen LogP contribution in [0.25, 0.3) is 0 Å². The van der Waals surface area contributed by atoms with Crippen molar-refractivity contribution in [2.75, 3.05) is 12.5 Å². The number of primary amides is 1. The number of carbonyl (C=O) groups is 1. The Morgan fingerprint density at radius 1 is 1.18 bits per heavy atom. The summed E-state index contributed by atoms with van der Waals surface area (Å²) in [4.78, 5) is 10.9. The van der Waals surface area contributed by atoms with Gasteiger partial charge < -0.3 is 5.73 Å². The molecule has 17 heavy (non-hydrogen) atoms. The molecule has 0 spiro atoms. The van der Waals surface area contributed by atoms with E-state index in [0.29, 0.717) is 0 Å². The molecule has 0 bridgehead atoms. The Kier molecular flexibility index (Phi) is 3.30. The third-order valence-corrected chi connectivity index (χ3v) is 4.58. The number of amides is 1. The summed E-state index contributed by atoms with van der Waals surface area (Å²) in [5.74, 6) is -0.854. The quantitative estimate of drug-likeness (QED) is 0.757. The maximum Gasteiger partial charge on any atom is 0.250 e. The molecule has 1 amide bonds. The molecule has 0 saturated carbocycles. The van der Waals surface area contributed by atoms with E-state index in [1.165, 1.54) is 18.2 Å². The van der Waals surface area contributed by atoms with Crippen molar-refractivity contribution in [3.8, 4) is 0 Å². The van der Waals surface area contributed by atoms with Crippen molar-refractivity contribution in [3.63, 3.8) is 0 Å². The number of carbonyl (C=O) groups excluding carboxylic acids is 1. The molecule has 6 nitrogen and oxygen atoms in total. The van der Waals surface area contributed by atoms with Crippen molar-refractivity contribution in [3.05, 3.63) is 23.8 Å². The Morgan fingerprint density at radius 2 is 1.71 bits per heavy atom. The summed E-state index contributed by atoms with van der Waals surface area (Å²) in [6.45, 7) is 0. The molecule has 0 aliphatic rings. The summed E-state index contributed by atoms with van der Waals surface area (Å²) in [5.41, 5.74) is 5.00. The van der Waals surface area contributed by atoms with Gasteiger partial charge in [-0.05, 0) is 12.1 Å². The Bertz CT molecular complexity index is 675. The third-order valence-electron chi connectivity index (χ3n) is 2.05. The molecule has 2 unspecified atom stereocenters. The van der Waals surface area contributed by atoms with Gasteiger partial charge in [-0.3, -0.25) is 4.79 Å². The average Bonchev–Trinajstić information content (AvgIpc) is 2.13. The number of benzene rings is 1. The van der Waals surface area contributed by atoms with Crippen LogP contribution in [0.5, 0.6) is 0 Å². The van der Waals surface area contributed by atoms with E-state index in [-0.39, 0.29) is 15.4 Å². The summed E-state index contributed by atoms with van der Waals surface area (Å²) < 4.78 is 38.6. The number of rotatable bonds is 3. The van der Waals surface area contributed by atoms with Gasteiger partial charge in [0.2, 0.25) is 5.91 Å². The molecule has 0 heterocycles. The van der Waals surface area contributed by atoms with Gasteiger partial charge >= 0.3 is 0 Å². The number of hydrogen-bond donors (Lipinski definition) is 3. The molecular formula is C9H13N3O3S2. The van der Waals surface area contributed by atoms with Crippen LogP contribution in [0, 0.1) is 9.56 Å². The van der Waals surface area contributed by atoms with Crippen LogP contribution in [-0.2, 0) is 19.5 Å².